The summed E-state index contributed by atoms with van der Waals surface area (Å²) < 4.78 is 0. The Morgan fingerprint density at radius 2 is 1.20 bits per heavy atom. The van der Waals surface area contributed by atoms with E-state index in [1.54, 1.807) is 0 Å². The lowest BCUT2D eigenvalue weighted by Crippen LogP contribution is -2.08. The largest absolute Gasteiger partial charge is 0.0625 e. The van der Waals surface area contributed by atoms with E-state index in [9.17, 15) is 0 Å². The monoisotopic (exact) mass is 210 g/mol. The van der Waals surface area contributed by atoms with Gasteiger partial charge in [-0.25, -0.2) is 0 Å². The van der Waals surface area contributed by atoms with Crippen LogP contribution in [0.3, 0.4) is 0 Å². The lowest BCUT2D eigenvalue weighted by molar-refractivity contribution is 0.316. The van der Waals surface area contributed by atoms with Gasteiger partial charge in [0.05, 0.1) is 0 Å². The molecule has 0 aromatic rings. The average Bonchev–Trinajstić information content (AvgIpc) is 2.23. The van der Waals surface area contributed by atoms with E-state index in [0.29, 0.717) is 0 Å². The van der Waals surface area contributed by atoms with Crippen molar-refractivity contribution in [2.45, 2.75) is 78.6 Å². The predicted octanol–water partition coefficient (Wildman–Crippen LogP) is 5.42. The minimum absolute atomic E-state index is 0.906. The van der Waals surface area contributed by atoms with Crippen molar-refractivity contribution in [3.63, 3.8) is 0 Å². The summed E-state index contributed by atoms with van der Waals surface area (Å²) in [5, 5.41) is 0. The molecule has 2 unspecified atom stereocenters. The molecule has 0 heterocycles. The van der Waals surface area contributed by atoms with Gasteiger partial charge >= 0.3 is 0 Å². The summed E-state index contributed by atoms with van der Waals surface area (Å²) in [6.45, 7) is 7.26. The summed E-state index contributed by atoms with van der Waals surface area (Å²) >= 11 is 0. The van der Waals surface area contributed by atoms with Crippen molar-refractivity contribution < 1.29 is 0 Å². The molecule has 0 aromatic carbocycles. The third kappa shape index (κ3) is 5.58. The van der Waals surface area contributed by atoms with Gasteiger partial charge in [-0.15, -0.1) is 0 Å². The Morgan fingerprint density at radius 1 is 0.733 bits per heavy atom. The van der Waals surface area contributed by atoms with Crippen LogP contribution in [0.2, 0.25) is 0 Å². The van der Waals surface area contributed by atoms with E-state index >= 15 is 0 Å². The Kier molecular flexibility index (Phi) is 6.36. The van der Waals surface area contributed by atoms with Crippen LogP contribution in [0.15, 0.2) is 0 Å². The lowest BCUT2D eigenvalue weighted by Gasteiger charge is -2.20. The molecule has 0 amide bonds. The van der Waals surface area contributed by atoms with Gasteiger partial charge in [0.15, 0.2) is 0 Å². The van der Waals surface area contributed by atoms with E-state index in [1.807, 2.05) is 0 Å². The van der Waals surface area contributed by atoms with Gasteiger partial charge < -0.3 is 0 Å². The molecule has 1 fully saturated rings. The van der Waals surface area contributed by atoms with E-state index in [-0.39, 0.29) is 0 Å². The smallest absolute Gasteiger partial charge is 0.0391 e. The molecule has 1 aliphatic carbocycles. The maximum absolute atomic E-state index is 2.44. The van der Waals surface area contributed by atoms with E-state index < -0.39 is 0 Å². The second-order valence-corrected chi connectivity index (χ2v) is 6.03. The molecule has 0 radical (unpaired) electrons. The van der Waals surface area contributed by atoms with Crippen LogP contribution in [0.4, 0.5) is 0 Å². The van der Waals surface area contributed by atoms with Crippen molar-refractivity contribution in [2.75, 3.05) is 0 Å². The molecule has 15 heavy (non-hydrogen) atoms. The second-order valence-electron chi connectivity index (χ2n) is 6.03. The van der Waals surface area contributed by atoms with E-state index in [4.69, 9.17) is 0 Å². The van der Waals surface area contributed by atoms with E-state index in [1.165, 1.54) is 57.8 Å². The first-order valence-electron chi connectivity index (χ1n) is 7.20. The average molecular weight is 210 g/mol. The molecule has 0 nitrogen and oxygen atoms in total. The molecule has 0 spiro atoms. The van der Waals surface area contributed by atoms with Gasteiger partial charge in [0.2, 0.25) is 0 Å². The maximum Gasteiger partial charge on any atom is -0.0391 e. The van der Waals surface area contributed by atoms with Crippen molar-refractivity contribution in [1.82, 2.24) is 0 Å². The molecule has 0 saturated heterocycles. The maximum atomic E-state index is 2.44. The molecular weight excluding hydrogens is 180 g/mol. The normalized spacial score (nSPS) is 31.2. The van der Waals surface area contributed by atoms with Crippen LogP contribution in [0.1, 0.15) is 78.6 Å². The third-order valence-corrected chi connectivity index (χ3v) is 4.24. The molecule has 90 valence electrons. The van der Waals surface area contributed by atoms with Crippen LogP contribution in [-0.4, -0.2) is 0 Å². The predicted molar refractivity (Wildman–Crippen MR) is 69.0 cm³/mol. The van der Waals surface area contributed by atoms with Crippen molar-refractivity contribution in [3.8, 4) is 0 Å². The van der Waals surface area contributed by atoms with E-state index in [2.05, 4.69) is 20.8 Å². The van der Waals surface area contributed by atoms with Crippen LogP contribution in [0.25, 0.3) is 0 Å². The fourth-order valence-electron chi connectivity index (χ4n) is 2.93. The first-order valence-corrected chi connectivity index (χ1v) is 7.20. The minimum atomic E-state index is 0.906. The Labute approximate surface area is 96.8 Å². The summed E-state index contributed by atoms with van der Waals surface area (Å²) in [7, 11) is 0. The molecule has 2 atom stereocenters. The first-order chi connectivity index (χ1) is 7.20. The molecular formula is C15H30. The highest BCUT2D eigenvalue weighted by Crippen LogP contribution is 2.27. The number of hydrogen-bond acceptors (Lipinski definition) is 0. The summed E-state index contributed by atoms with van der Waals surface area (Å²) in [6, 6.07) is 0. The van der Waals surface area contributed by atoms with Gasteiger partial charge in [0, 0.05) is 0 Å². The minimum Gasteiger partial charge on any atom is -0.0625 e. The Balaban J connectivity index is 2.33. The van der Waals surface area contributed by atoms with Crippen molar-refractivity contribution >= 4 is 0 Å². The molecule has 0 bridgehead atoms. The van der Waals surface area contributed by atoms with Crippen LogP contribution in [0, 0.1) is 17.8 Å². The lowest BCUT2D eigenvalue weighted by atomic mass is 9.86. The molecule has 1 rings (SSSR count). The third-order valence-electron chi connectivity index (χ3n) is 4.24. The zero-order valence-electron chi connectivity index (χ0n) is 11.1. The molecule has 1 saturated carbocycles. The molecule has 0 aromatic heterocycles. The highest BCUT2D eigenvalue weighted by atomic mass is 14.2. The van der Waals surface area contributed by atoms with Gasteiger partial charge in [0.1, 0.15) is 0 Å². The van der Waals surface area contributed by atoms with Crippen LogP contribution < -0.4 is 0 Å². The first kappa shape index (κ1) is 13.1. The molecule has 1 aliphatic rings. The Hall–Kier alpha value is 0. The molecule has 0 heteroatoms. The quantitative estimate of drug-likeness (QED) is 0.542. The summed E-state index contributed by atoms with van der Waals surface area (Å²) in [5.74, 6) is 2.90. The van der Waals surface area contributed by atoms with E-state index in [0.717, 1.165) is 17.8 Å². The Morgan fingerprint density at radius 3 is 1.80 bits per heavy atom. The number of hydrogen-bond donors (Lipinski definition) is 0. The SMILES string of the molecule is CC1CCCCCC(C(C)C)CCCC1. The van der Waals surface area contributed by atoms with Crippen molar-refractivity contribution in [3.05, 3.63) is 0 Å². The summed E-state index contributed by atoms with van der Waals surface area (Å²) in [4.78, 5) is 0. The fourth-order valence-corrected chi connectivity index (χ4v) is 2.93. The Bertz CT molecular complexity index is 148. The van der Waals surface area contributed by atoms with Gasteiger partial charge in [-0.3, -0.25) is 0 Å². The van der Waals surface area contributed by atoms with Gasteiger partial charge in [-0.1, -0.05) is 78.6 Å². The van der Waals surface area contributed by atoms with Crippen molar-refractivity contribution in [1.29, 1.82) is 0 Å². The number of rotatable bonds is 1. The van der Waals surface area contributed by atoms with Gasteiger partial charge in [-0.2, -0.15) is 0 Å². The summed E-state index contributed by atoms with van der Waals surface area (Å²) in [6.07, 6.45) is 13.3. The molecule has 0 N–H and O–H groups in total. The van der Waals surface area contributed by atoms with Crippen molar-refractivity contribution in [2.24, 2.45) is 17.8 Å². The highest BCUT2D eigenvalue weighted by Gasteiger charge is 2.14. The van der Waals surface area contributed by atoms with Crippen LogP contribution >= 0.6 is 0 Å². The zero-order chi connectivity index (χ0) is 11.1. The van der Waals surface area contributed by atoms with Crippen LogP contribution in [-0.2, 0) is 0 Å². The fraction of sp³-hybridized carbons (Fsp3) is 1.00. The standard InChI is InChI=1S/C15H30/c1-13(2)15-11-6-4-5-9-14(3)10-7-8-12-15/h13-15H,4-12H2,1-3H3. The molecule has 0 aliphatic heterocycles. The topological polar surface area (TPSA) is 0 Å². The summed E-state index contributed by atoms with van der Waals surface area (Å²) in [5.41, 5.74) is 0. The van der Waals surface area contributed by atoms with Gasteiger partial charge in [0.25, 0.3) is 0 Å². The second kappa shape index (κ2) is 7.30. The van der Waals surface area contributed by atoms with Gasteiger partial charge in [-0.05, 0) is 17.8 Å². The highest BCUT2D eigenvalue weighted by molar-refractivity contribution is 4.66. The zero-order valence-corrected chi connectivity index (χ0v) is 11.1. The van der Waals surface area contributed by atoms with Crippen LogP contribution in [0.5, 0.6) is 0 Å².